The average molecular weight is 876 g/mol. The summed E-state index contributed by atoms with van der Waals surface area (Å²) in [5.74, 6) is -1.33. The van der Waals surface area contributed by atoms with E-state index >= 15 is 0 Å². The van der Waals surface area contributed by atoms with E-state index < -0.39 is 68.6 Å². The zero-order chi connectivity index (χ0) is 44.9. The van der Waals surface area contributed by atoms with Gasteiger partial charge in [-0.2, -0.15) is 0 Å². The third-order valence-electron chi connectivity index (χ3n) is 10.1. The van der Waals surface area contributed by atoms with Crippen LogP contribution in [0.4, 0.5) is 4.79 Å². The maximum Gasteiger partial charge on any atom is 0.408 e. The van der Waals surface area contributed by atoms with E-state index in [2.05, 4.69) is 21.9 Å². The minimum absolute atomic E-state index is 0.0373. The largest absolute Gasteiger partial charge is 0.497 e. The number of allylic oxidation sites excluding steroid dienone is 1. The Balaban J connectivity index is 1.53. The van der Waals surface area contributed by atoms with Gasteiger partial charge in [-0.15, -0.1) is 6.58 Å². The van der Waals surface area contributed by atoms with Gasteiger partial charge in [0.15, 0.2) is 0 Å². The molecule has 3 aromatic carbocycles. The molecule has 326 valence electrons. The minimum atomic E-state index is -4.39. The molecule has 14 nitrogen and oxygen atoms in total. The number of alkyl carbamates (subject to hydrolysis) is 1. The van der Waals surface area contributed by atoms with Crippen molar-refractivity contribution in [2.75, 3.05) is 13.7 Å². The fraction of sp³-hybridized carbons (Fsp3) is 0.400. The van der Waals surface area contributed by atoms with E-state index in [4.69, 9.17) is 30.8 Å². The highest BCUT2D eigenvalue weighted by Crippen LogP contribution is 2.35. The van der Waals surface area contributed by atoms with Crippen LogP contribution in [0.5, 0.6) is 11.5 Å². The lowest BCUT2D eigenvalue weighted by Gasteiger charge is -2.36. The van der Waals surface area contributed by atoms with Crippen LogP contribution in [-0.4, -0.2) is 85.1 Å². The molecule has 0 unspecified atom stereocenters. The topological polar surface area (TPSA) is 182 Å². The number of methoxy groups -OCH3 is 1. The van der Waals surface area contributed by atoms with Crippen molar-refractivity contribution in [3.05, 3.63) is 96.5 Å². The van der Waals surface area contributed by atoms with Crippen LogP contribution < -0.4 is 24.8 Å². The molecule has 61 heavy (non-hydrogen) atoms. The molecule has 2 heterocycles. The number of aromatic nitrogens is 1. The van der Waals surface area contributed by atoms with Gasteiger partial charge in [0.1, 0.15) is 40.8 Å². The van der Waals surface area contributed by atoms with Crippen molar-refractivity contribution in [1.29, 1.82) is 0 Å². The maximum atomic E-state index is 14.8. The lowest BCUT2D eigenvalue weighted by molar-refractivity contribution is -0.143. The van der Waals surface area contributed by atoms with Gasteiger partial charge in [-0.1, -0.05) is 68.8 Å². The molecule has 1 aromatic heterocycles. The highest BCUT2D eigenvalue weighted by Gasteiger charge is 2.48. The molecule has 1 fully saturated rings. The number of ether oxygens (including phenoxy) is 3. The molecule has 0 radical (unpaired) electrons. The zero-order valence-corrected chi connectivity index (χ0v) is 37.3. The Kier molecular flexibility index (Phi) is 14.1. The summed E-state index contributed by atoms with van der Waals surface area (Å²) in [6.07, 6.45) is 0.0801. The van der Waals surface area contributed by atoms with E-state index in [0.717, 1.165) is 5.56 Å². The summed E-state index contributed by atoms with van der Waals surface area (Å²) in [6.45, 7) is 15.5. The monoisotopic (exact) mass is 875 g/mol. The number of rotatable bonds is 14. The van der Waals surface area contributed by atoms with Crippen LogP contribution in [-0.2, 0) is 29.1 Å². The van der Waals surface area contributed by atoms with Gasteiger partial charge < -0.3 is 29.7 Å². The summed E-state index contributed by atoms with van der Waals surface area (Å²) in [6, 6.07) is 19.5. The summed E-state index contributed by atoms with van der Waals surface area (Å²) < 4.78 is 46.5. The van der Waals surface area contributed by atoms with Gasteiger partial charge in [0.25, 0.3) is 15.9 Å². The van der Waals surface area contributed by atoms with Crippen molar-refractivity contribution in [1.82, 2.24) is 25.2 Å². The molecule has 5 rings (SSSR count). The normalized spacial score (nSPS) is 17.1. The van der Waals surface area contributed by atoms with Crippen LogP contribution in [0.15, 0.2) is 96.4 Å². The summed E-state index contributed by atoms with van der Waals surface area (Å²) in [7, 11) is -2.83. The number of nitrogens with zero attached hydrogens (tertiary/aromatic N) is 2. The summed E-state index contributed by atoms with van der Waals surface area (Å²) in [5, 5.41) is 6.45. The van der Waals surface area contributed by atoms with Crippen molar-refractivity contribution in [3.8, 4) is 22.8 Å². The number of fused-ring (bicyclic) bond motifs is 1. The molecule has 4 atom stereocenters. The summed E-state index contributed by atoms with van der Waals surface area (Å²) in [4.78, 5) is 62.5. The highest BCUT2D eigenvalue weighted by atomic mass is 35.5. The molecule has 0 bridgehead atoms. The fourth-order valence-corrected chi connectivity index (χ4v) is 8.05. The first kappa shape index (κ1) is 46.4. The average Bonchev–Trinajstić information content (AvgIpc) is 3.62. The van der Waals surface area contributed by atoms with E-state index in [1.54, 1.807) is 66.9 Å². The molecule has 1 saturated heterocycles. The molecule has 4 amide bonds. The van der Waals surface area contributed by atoms with Gasteiger partial charge in [-0.05, 0) is 82.3 Å². The quantitative estimate of drug-likeness (QED) is 0.110. The minimum Gasteiger partial charge on any atom is -0.497 e. The van der Waals surface area contributed by atoms with E-state index in [9.17, 15) is 27.6 Å². The Labute approximate surface area is 362 Å². The number of likely N-dealkylation sites (tertiary alicyclic amines) is 1. The van der Waals surface area contributed by atoms with Crippen LogP contribution in [0.1, 0.15) is 67.7 Å². The first-order valence-electron chi connectivity index (χ1n) is 19.8. The summed E-state index contributed by atoms with van der Waals surface area (Å²) >= 11 is 5.96. The van der Waals surface area contributed by atoms with Crippen molar-refractivity contribution in [2.24, 2.45) is 5.41 Å². The van der Waals surface area contributed by atoms with Crippen LogP contribution in [0, 0.1) is 5.41 Å². The Morgan fingerprint density at radius 2 is 1.64 bits per heavy atom. The lowest BCUT2D eigenvalue weighted by Crippen LogP contribution is -2.62. The van der Waals surface area contributed by atoms with Crippen molar-refractivity contribution in [3.63, 3.8) is 0 Å². The number of sulfonamides is 1. The number of hydrogen-bond donors (Lipinski definition) is 3. The molecule has 0 spiro atoms. The molecule has 4 aromatic rings. The van der Waals surface area contributed by atoms with Crippen LogP contribution in [0.2, 0.25) is 5.02 Å². The Morgan fingerprint density at radius 3 is 2.25 bits per heavy atom. The maximum absolute atomic E-state index is 14.8. The second kappa shape index (κ2) is 18.5. The molecule has 0 aliphatic carbocycles. The molecule has 0 saturated carbocycles. The Bertz CT molecular complexity index is 2380. The zero-order valence-electron chi connectivity index (χ0n) is 35.7. The van der Waals surface area contributed by atoms with Crippen LogP contribution in [0.25, 0.3) is 22.2 Å². The number of halogens is 1. The number of benzene rings is 3. The fourth-order valence-electron chi connectivity index (χ4n) is 6.84. The molecule has 16 heteroatoms. The summed E-state index contributed by atoms with van der Waals surface area (Å²) in [5.41, 5.74) is -1.51. The second-order valence-electron chi connectivity index (χ2n) is 17.2. The van der Waals surface area contributed by atoms with Crippen LogP contribution in [0.3, 0.4) is 0 Å². The highest BCUT2D eigenvalue weighted by molar-refractivity contribution is 7.90. The van der Waals surface area contributed by atoms with Crippen molar-refractivity contribution in [2.45, 2.75) is 102 Å². The van der Waals surface area contributed by atoms with Gasteiger partial charge in [0.05, 0.1) is 29.8 Å². The van der Waals surface area contributed by atoms with E-state index in [0.29, 0.717) is 33.1 Å². The Hall–Kier alpha value is -5.67. The molecule has 1 aliphatic rings. The number of amides is 4. The third-order valence-corrected chi connectivity index (χ3v) is 11.7. The molecule has 1 aliphatic heterocycles. The second-order valence-corrected chi connectivity index (χ2v) is 19.3. The number of pyridine rings is 1. The predicted octanol–water partition coefficient (Wildman–Crippen LogP) is 7.20. The number of carbonyl (C=O) groups excluding carboxylic acids is 4. The van der Waals surface area contributed by atoms with Crippen molar-refractivity contribution < 1.29 is 41.8 Å². The van der Waals surface area contributed by atoms with Gasteiger partial charge in [0.2, 0.25) is 11.8 Å². The van der Waals surface area contributed by atoms with Crippen molar-refractivity contribution >= 4 is 56.3 Å². The molecular weight excluding hydrogens is 822 g/mol. The SMILES string of the molecule is C=CCC[C@](C)(NC(=O)[C@@H]1C[C@@H](Oc2cc(-c3ccccc3)nc3cc(OC)ccc23)CN1C(=O)[C@@H](NC(=O)OC(C)(C)C)C(C)(C)C)C(=O)NS(=O)(=O)c1ccc(Cl)cc1. The first-order valence-corrected chi connectivity index (χ1v) is 21.7. The van der Waals surface area contributed by atoms with E-state index in [1.807, 2.05) is 36.4 Å². The number of hydrogen-bond acceptors (Lipinski definition) is 10. The van der Waals surface area contributed by atoms with Gasteiger partial charge in [-0.3, -0.25) is 14.4 Å². The van der Waals surface area contributed by atoms with Gasteiger partial charge in [-0.25, -0.2) is 22.9 Å². The third kappa shape index (κ3) is 11.6. The van der Waals surface area contributed by atoms with Gasteiger partial charge >= 0.3 is 6.09 Å². The number of nitrogens with one attached hydrogen (secondary N) is 3. The first-order chi connectivity index (χ1) is 28.5. The van der Waals surface area contributed by atoms with E-state index in [-0.39, 0.29) is 30.7 Å². The molecule has 3 N–H and O–H groups in total. The lowest BCUT2D eigenvalue weighted by atomic mass is 9.85. The standard InChI is InChI=1S/C45H54ClN5O9S/c1-10-11-23-45(8,41(54)50-61(56,57)32-20-17-29(46)18-21-32)49-39(52)36-25-31(27-51(36)40(53)38(43(2,3)4)48-42(55)60-44(5,6)7)59-37-26-34(28-15-13-12-14-16-28)47-35-24-30(58-9)19-22-33(35)37/h10,12-22,24,26,31,36,38H,1,11,23,25,27H2,2-9H3,(H,48,55)(H,49,52)(H,50,54)/t31-,36+,38-,45+/m1/s1. The van der Waals surface area contributed by atoms with Gasteiger partial charge in [0, 0.05) is 34.5 Å². The van der Waals surface area contributed by atoms with E-state index in [1.165, 1.54) is 42.2 Å². The van der Waals surface area contributed by atoms with Crippen LogP contribution >= 0.6 is 11.6 Å². The number of carbonyl (C=O) groups is 4. The Morgan fingerprint density at radius 1 is 0.967 bits per heavy atom. The predicted molar refractivity (Wildman–Crippen MR) is 234 cm³/mol. The molecular formula is C45H54ClN5O9S. The smallest absolute Gasteiger partial charge is 0.408 e.